The fourth-order valence-electron chi connectivity index (χ4n) is 2.16. The zero-order chi connectivity index (χ0) is 16.3. The Labute approximate surface area is 138 Å². The second kappa shape index (κ2) is 6.77. The lowest BCUT2D eigenvalue weighted by Gasteiger charge is -2.07. The predicted molar refractivity (Wildman–Crippen MR) is 88.5 cm³/mol. The Balaban J connectivity index is 1.57. The van der Waals surface area contributed by atoms with Crippen molar-refractivity contribution in [3.05, 3.63) is 59.7 Å². The highest BCUT2D eigenvalue weighted by molar-refractivity contribution is 8.05. The normalized spacial score (nSPS) is 13.7. The van der Waals surface area contributed by atoms with E-state index in [9.17, 15) is 12.8 Å². The highest BCUT2D eigenvalue weighted by atomic mass is 32.2. The Morgan fingerprint density at radius 2 is 2.00 bits per heavy atom. The van der Waals surface area contributed by atoms with E-state index in [0.717, 1.165) is 4.90 Å². The quantitative estimate of drug-likeness (QED) is 0.662. The standard InChI is InChI=1S/C15H14FN3O2S2/c16-11-3-5-12(6-4-11)22-9-8-19-23(20,21)15-13-2-1-7-17-14(13)10-18-15/h1-7,19H,8-10H2. The van der Waals surface area contributed by atoms with E-state index in [1.54, 1.807) is 30.5 Å². The zero-order valence-electron chi connectivity index (χ0n) is 12.1. The Bertz CT molecular complexity index is 836. The van der Waals surface area contributed by atoms with Crippen LogP contribution in [0.1, 0.15) is 11.3 Å². The molecule has 0 fully saturated rings. The third-order valence-corrected chi connectivity index (χ3v) is 5.68. The van der Waals surface area contributed by atoms with Crippen LogP contribution in [-0.4, -0.2) is 30.7 Å². The number of aromatic nitrogens is 1. The molecule has 0 saturated carbocycles. The number of sulfonamides is 1. The lowest BCUT2D eigenvalue weighted by Crippen LogP contribution is -2.32. The summed E-state index contributed by atoms with van der Waals surface area (Å²) in [6.45, 7) is 0.551. The Kier molecular flexibility index (Phi) is 4.74. The van der Waals surface area contributed by atoms with E-state index in [1.165, 1.54) is 23.9 Å². The molecule has 5 nitrogen and oxygen atoms in total. The maximum atomic E-state index is 12.8. The molecule has 8 heteroatoms. The van der Waals surface area contributed by atoms with Gasteiger partial charge in [-0.25, -0.2) is 17.5 Å². The largest absolute Gasteiger partial charge is 0.265 e. The van der Waals surface area contributed by atoms with Crippen LogP contribution in [0.15, 0.2) is 52.5 Å². The highest BCUT2D eigenvalue weighted by Gasteiger charge is 2.27. The van der Waals surface area contributed by atoms with E-state index in [1.807, 2.05) is 0 Å². The molecule has 0 spiro atoms. The van der Waals surface area contributed by atoms with Crippen molar-refractivity contribution in [1.29, 1.82) is 0 Å². The van der Waals surface area contributed by atoms with Gasteiger partial charge in [-0.2, -0.15) is 0 Å². The lowest BCUT2D eigenvalue weighted by atomic mass is 10.2. The van der Waals surface area contributed by atoms with Gasteiger partial charge in [0.2, 0.25) is 0 Å². The van der Waals surface area contributed by atoms with E-state index in [2.05, 4.69) is 14.7 Å². The summed E-state index contributed by atoms with van der Waals surface area (Å²) < 4.78 is 40.0. The molecule has 2 heterocycles. The molecule has 1 aliphatic heterocycles. The third-order valence-electron chi connectivity index (χ3n) is 3.22. The Hall–Kier alpha value is -1.77. The number of nitrogens with one attached hydrogen (secondary N) is 1. The molecule has 0 atom stereocenters. The van der Waals surface area contributed by atoms with E-state index in [0.29, 0.717) is 17.0 Å². The molecule has 3 rings (SSSR count). The number of thioether (sulfide) groups is 1. The molecule has 0 amide bonds. The first-order valence-corrected chi connectivity index (χ1v) is 9.40. The van der Waals surface area contributed by atoms with Gasteiger partial charge in [0.1, 0.15) is 5.82 Å². The van der Waals surface area contributed by atoms with Crippen LogP contribution in [0.2, 0.25) is 0 Å². The van der Waals surface area contributed by atoms with Gasteiger partial charge in [0.25, 0.3) is 10.0 Å². The number of benzene rings is 1. The van der Waals surface area contributed by atoms with E-state index in [4.69, 9.17) is 0 Å². The van der Waals surface area contributed by atoms with Crippen LogP contribution in [0, 0.1) is 5.82 Å². The first kappa shape index (κ1) is 16.1. The van der Waals surface area contributed by atoms with Gasteiger partial charge in [-0.15, -0.1) is 11.8 Å². The van der Waals surface area contributed by atoms with Crippen molar-refractivity contribution in [2.75, 3.05) is 12.3 Å². The summed E-state index contributed by atoms with van der Waals surface area (Å²) >= 11 is 1.45. The summed E-state index contributed by atoms with van der Waals surface area (Å²) in [6.07, 6.45) is 1.62. The molecule has 0 unspecified atom stereocenters. The minimum absolute atomic E-state index is 0.0485. The fraction of sp³-hybridized carbons (Fsp3) is 0.200. The number of fused-ring (bicyclic) bond motifs is 1. The fourth-order valence-corrected chi connectivity index (χ4v) is 4.28. The average molecular weight is 351 g/mol. The van der Waals surface area contributed by atoms with Gasteiger partial charge < -0.3 is 0 Å². The molecule has 1 aromatic carbocycles. The first-order valence-electron chi connectivity index (χ1n) is 6.93. The molecule has 23 heavy (non-hydrogen) atoms. The maximum absolute atomic E-state index is 12.8. The summed E-state index contributed by atoms with van der Waals surface area (Å²) in [5.74, 6) is 0.250. The van der Waals surface area contributed by atoms with Crippen LogP contribution in [0.3, 0.4) is 0 Å². The predicted octanol–water partition coefficient (Wildman–Crippen LogP) is 2.19. The number of pyridine rings is 1. The lowest BCUT2D eigenvalue weighted by molar-refractivity contribution is 0.596. The van der Waals surface area contributed by atoms with Gasteiger partial charge in [-0.05, 0) is 36.4 Å². The van der Waals surface area contributed by atoms with Crippen molar-refractivity contribution in [2.45, 2.75) is 11.4 Å². The number of rotatable bonds is 5. The van der Waals surface area contributed by atoms with Crippen LogP contribution < -0.4 is 4.72 Å². The van der Waals surface area contributed by atoms with Crippen molar-refractivity contribution in [3.63, 3.8) is 0 Å². The van der Waals surface area contributed by atoms with Crippen molar-refractivity contribution >= 4 is 26.8 Å². The Morgan fingerprint density at radius 1 is 1.22 bits per heavy atom. The molecule has 1 N–H and O–H groups in total. The number of hydrogen-bond acceptors (Lipinski definition) is 5. The van der Waals surface area contributed by atoms with E-state index in [-0.39, 0.29) is 24.0 Å². The molecule has 2 aromatic rings. The Morgan fingerprint density at radius 3 is 2.78 bits per heavy atom. The topological polar surface area (TPSA) is 71.4 Å². The summed E-state index contributed by atoms with van der Waals surface area (Å²) in [4.78, 5) is 9.09. The summed E-state index contributed by atoms with van der Waals surface area (Å²) in [6, 6.07) is 9.49. The number of aliphatic imine (C=N–C) groups is 1. The number of nitrogens with zero attached hydrogens (tertiary/aromatic N) is 2. The number of halogens is 1. The highest BCUT2D eigenvalue weighted by Crippen LogP contribution is 2.20. The van der Waals surface area contributed by atoms with Gasteiger partial charge in [0.05, 0.1) is 12.2 Å². The minimum atomic E-state index is -3.65. The van der Waals surface area contributed by atoms with Crippen molar-refractivity contribution in [1.82, 2.24) is 9.71 Å². The second-order valence-corrected chi connectivity index (χ2v) is 7.67. The zero-order valence-corrected chi connectivity index (χ0v) is 13.7. The van der Waals surface area contributed by atoms with Crippen LogP contribution >= 0.6 is 11.8 Å². The molecule has 0 aliphatic carbocycles. The van der Waals surface area contributed by atoms with Gasteiger partial charge in [-0.1, -0.05) is 0 Å². The summed E-state index contributed by atoms with van der Waals surface area (Å²) in [7, 11) is -3.65. The summed E-state index contributed by atoms with van der Waals surface area (Å²) in [5, 5.41) is 0.0485. The molecular weight excluding hydrogens is 337 g/mol. The van der Waals surface area contributed by atoms with Gasteiger partial charge in [-0.3, -0.25) is 9.98 Å². The van der Waals surface area contributed by atoms with Crippen molar-refractivity contribution < 1.29 is 12.8 Å². The third kappa shape index (κ3) is 3.77. The molecule has 1 aliphatic rings. The second-order valence-electron chi connectivity index (χ2n) is 4.82. The monoisotopic (exact) mass is 351 g/mol. The molecular formula is C15H14FN3O2S2. The first-order chi connectivity index (χ1) is 11.1. The molecule has 0 radical (unpaired) electrons. The van der Waals surface area contributed by atoms with E-state index < -0.39 is 10.0 Å². The van der Waals surface area contributed by atoms with Gasteiger partial charge in [0.15, 0.2) is 5.04 Å². The van der Waals surface area contributed by atoms with Crippen LogP contribution in [-0.2, 0) is 16.6 Å². The van der Waals surface area contributed by atoms with Crippen LogP contribution in [0.25, 0.3) is 0 Å². The summed E-state index contributed by atoms with van der Waals surface area (Å²) in [5.41, 5.74) is 1.24. The van der Waals surface area contributed by atoms with Crippen LogP contribution in [0.5, 0.6) is 0 Å². The SMILES string of the molecule is O=S(=O)(NCCSc1ccc(F)cc1)C1=NCc2ncccc21. The average Bonchev–Trinajstić information content (AvgIpc) is 2.98. The van der Waals surface area contributed by atoms with Gasteiger partial charge in [0, 0.05) is 29.0 Å². The molecule has 1 aromatic heterocycles. The van der Waals surface area contributed by atoms with Crippen molar-refractivity contribution in [2.24, 2.45) is 4.99 Å². The molecule has 120 valence electrons. The smallest absolute Gasteiger partial charge is 0.258 e. The minimum Gasteiger partial charge on any atom is -0.265 e. The molecule has 0 saturated heterocycles. The number of hydrogen-bond donors (Lipinski definition) is 1. The maximum Gasteiger partial charge on any atom is 0.258 e. The van der Waals surface area contributed by atoms with Gasteiger partial charge >= 0.3 is 0 Å². The van der Waals surface area contributed by atoms with Crippen LogP contribution in [0.4, 0.5) is 4.39 Å². The molecule has 0 bridgehead atoms. The van der Waals surface area contributed by atoms with Crippen molar-refractivity contribution in [3.8, 4) is 0 Å². The van der Waals surface area contributed by atoms with E-state index >= 15 is 0 Å².